The highest BCUT2D eigenvalue weighted by molar-refractivity contribution is 5.73. The van der Waals surface area contributed by atoms with Crippen molar-refractivity contribution in [2.75, 3.05) is 13.1 Å². The molecule has 3 aromatic rings. The molecule has 2 aromatic carbocycles. The van der Waals surface area contributed by atoms with Crippen molar-refractivity contribution in [2.45, 2.75) is 19.2 Å². The fourth-order valence-corrected chi connectivity index (χ4v) is 2.75. The maximum atomic E-state index is 13.2. The van der Waals surface area contributed by atoms with Gasteiger partial charge in [-0.25, -0.2) is 18.0 Å². The second-order valence-corrected chi connectivity index (χ2v) is 7.23. The molecule has 182 valence electrons. The summed E-state index contributed by atoms with van der Waals surface area (Å²) in [6.45, 7) is 1.84. The number of nitrogens with one attached hydrogen (secondary N) is 1. The average molecular weight is 489 g/mol. The fourth-order valence-electron chi connectivity index (χ4n) is 2.75. The summed E-state index contributed by atoms with van der Waals surface area (Å²) >= 11 is 0. The molecule has 0 atom stereocenters. The Morgan fingerprint density at radius 1 is 1.12 bits per heavy atom. The Balaban J connectivity index is 0.000000406. The average Bonchev–Trinajstić information content (AvgIpc) is 3.22. The summed E-state index contributed by atoms with van der Waals surface area (Å²) in [5, 5.41) is 14.3. The molecule has 2 N–H and O–H groups in total. The highest BCUT2D eigenvalue weighted by atomic mass is 19.4. The number of carboxylic acid groups (broad SMARTS) is 1. The largest absolute Gasteiger partial charge is 0.490 e. The van der Waals surface area contributed by atoms with Crippen molar-refractivity contribution in [1.29, 1.82) is 0 Å². The van der Waals surface area contributed by atoms with Crippen LogP contribution in [0.1, 0.15) is 11.5 Å². The van der Waals surface area contributed by atoms with Gasteiger partial charge in [-0.1, -0.05) is 5.16 Å². The Labute approximate surface area is 188 Å². The second kappa shape index (κ2) is 10.5. The Kier molecular flexibility index (Phi) is 7.76. The number of carboxylic acids is 1. The summed E-state index contributed by atoms with van der Waals surface area (Å²) in [5.41, 5.74) is 0.965. The number of benzene rings is 2. The molecule has 2 heterocycles. The smallest absolute Gasteiger partial charge is 0.489 e. The Bertz CT molecular complexity index is 1110. The third-order valence-electron chi connectivity index (χ3n) is 4.60. The number of ether oxygens (including phenoxy) is 1. The van der Waals surface area contributed by atoms with E-state index in [4.69, 9.17) is 19.2 Å². The van der Waals surface area contributed by atoms with Crippen LogP contribution in [0.4, 0.5) is 26.3 Å². The molecule has 1 aliphatic rings. The van der Waals surface area contributed by atoms with Gasteiger partial charge in [0.05, 0.1) is 0 Å². The molecule has 0 aliphatic carbocycles. The summed E-state index contributed by atoms with van der Waals surface area (Å²) in [7, 11) is 0. The summed E-state index contributed by atoms with van der Waals surface area (Å²) in [4.78, 5) is 13.3. The predicted octanol–water partition coefficient (Wildman–Crippen LogP) is 4.13. The fraction of sp³-hybridized carbons (Fsp3) is 0.286. The molecule has 13 heteroatoms. The van der Waals surface area contributed by atoms with Crippen molar-refractivity contribution in [2.24, 2.45) is 5.92 Å². The van der Waals surface area contributed by atoms with Crippen molar-refractivity contribution in [3.63, 3.8) is 0 Å². The highest BCUT2D eigenvalue weighted by Crippen LogP contribution is 2.22. The molecule has 1 aliphatic heterocycles. The summed E-state index contributed by atoms with van der Waals surface area (Å²) in [6, 6.07) is 8.73. The summed E-state index contributed by atoms with van der Waals surface area (Å²) < 4.78 is 81.9. The lowest BCUT2D eigenvalue weighted by Gasteiger charge is -2.25. The van der Waals surface area contributed by atoms with Gasteiger partial charge in [-0.05, 0) is 61.0 Å². The Morgan fingerprint density at radius 3 is 2.21 bits per heavy atom. The summed E-state index contributed by atoms with van der Waals surface area (Å²) in [6.07, 6.45) is -4.33. The van der Waals surface area contributed by atoms with Crippen molar-refractivity contribution in [3.8, 4) is 17.1 Å². The lowest BCUT2D eigenvalue weighted by atomic mass is 10.00. The number of aliphatic carboxylic acids is 1. The van der Waals surface area contributed by atoms with Gasteiger partial charge >= 0.3 is 12.1 Å². The lowest BCUT2D eigenvalue weighted by Crippen LogP contribution is -2.43. The van der Waals surface area contributed by atoms with Crippen LogP contribution >= 0.6 is 0 Å². The zero-order valence-corrected chi connectivity index (χ0v) is 17.2. The molecule has 0 amide bonds. The van der Waals surface area contributed by atoms with Crippen LogP contribution in [-0.2, 0) is 17.8 Å². The van der Waals surface area contributed by atoms with Crippen LogP contribution in [0.2, 0.25) is 0 Å². The first-order valence-electron chi connectivity index (χ1n) is 9.73. The van der Waals surface area contributed by atoms with Crippen LogP contribution in [0.15, 0.2) is 40.9 Å². The SMILES string of the molecule is Fc1cc(COc2ccc(-c3noc(CC4CNC4)n3)cc2)cc(F)c1F.O=C(O)C(F)(F)F. The molecule has 1 aromatic heterocycles. The van der Waals surface area contributed by atoms with Gasteiger partial charge < -0.3 is 19.7 Å². The van der Waals surface area contributed by atoms with E-state index in [2.05, 4.69) is 15.5 Å². The van der Waals surface area contributed by atoms with Crippen LogP contribution in [0.5, 0.6) is 5.75 Å². The van der Waals surface area contributed by atoms with E-state index in [1.165, 1.54) is 0 Å². The maximum absolute atomic E-state index is 13.2. The van der Waals surface area contributed by atoms with E-state index in [0.29, 0.717) is 23.4 Å². The van der Waals surface area contributed by atoms with Crippen molar-refractivity contribution >= 4 is 5.97 Å². The van der Waals surface area contributed by atoms with E-state index in [0.717, 1.165) is 37.2 Å². The first-order chi connectivity index (χ1) is 16.0. The van der Waals surface area contributed by atoms with Gasteiger partial charge in [-0.15, -0.1) is 0 Å². The van der Waals surface area contributed by atoms with E-state index in [1.54, 1.807) is 24.3 Å². The van der Waals surface area contributed by atoms with E-state index in [-0.39, 0.29) is 12.2 Å². The molecule has 0 unspecified atom stereocenters. The topological polar surface area (TPSA) is 97.5 Å². The first-order valence-corrected chi connectivity index (χ1v) is 9.73. The molecule has 0 radical (unpaired) electrons. The Hall–Kier alpha value is -3.61. The van der Waals surface area contributed by atoms with Crippen LogP contribution in [-0.4, -0.2) is 40.5 Å². The zero-order chi connectivity index (χ0) is 24.9. The molecule has 0 saturated carbocycles. The number of halogens is 6. The molecule has 0 spiro atoms. The van der Waals surface area contributed by atoms with Gasteiger partial charge in [0.25, 0.3) is 0 Å². The van der Waals surface area contributed by atoms with E-state index in [9.17, 15) is 26.3 Å². The van der Waals surface area contributed by atoms with Crippen LogP contribution in [0, 0.1) is 23.4 Å². The van der Waals surface area contributed by atoms with Crippen LogP contribution in [0.25, 0.3) is 11.4 Å². The number of rotatable bonds is 6. The third-order valence-corrected chi connectivity index (χ3v) is 4.60. The zero-order valence-electron chi connectivity index (χ0n) is 17.2. The first kappa shape index (κ1) is 25.0. The molecular weight excluding hydrogens is 472 g/mol. The Morgan fingerprint density at radius 2 is 1.71 bits per heavy atom. The van der Waals surface area contributed by atoms with Gasteiger partial charge in [0.1, 0.15) is 12.4 Å². The number of carbonyl (C=O) groups is 1. The molecule has 4 rings (SSSR count). The third kappa shape index (κ3) is 6.70. The van der Waals surface area contributed by atoms with Gasteiger partial charge in [-0.2, -0.15) is 18.2 Å². The minimum atomic E-state index is -5.08. The van der Waals surface area contributed by atoms with Gasteiger partial charge in [-0.3, -0.25) is 0 Å². The van der Waals surface area contributed by atoms with Crippen molar-refractivity contribution in [1.82, 2.24) is 15.5 Å². The molecule has 1 saturated heterocycles. The predicted molar refractivity (Wildman–Crippen MR) is 104 cm³/mol. The summed E-state index contributed by atoms with van der Waals surface area (Å²) in [5.74, 6) is -4.60. The second-order valence-electron chi connectivity index (χ2n) is 7.23. The quantitative estimate of drug-likeness (QED) is 0.397. The van der Waals surface area contributed by atoms with Gasteiger partial charge in [0.2, 0.25) is 11.7 Å². The maximum Gasteiger partial charge on any atom is 0.490 e. The normalized spacial score (nSPS) is 13.6. The standard InChI is InChI=1S/C19H16F3N3O2.C2HF3O2/c20-15-5-11(6-16(21)18(15)22)10-26-14-3-1-13(2-4-14)19-24-17(27-25-19)7-12-8-23-9-12;3-2(4,5)1(6)7/h1-6,12,23H,7-10H2;(H,6,7). The number of hydrogen-bond donors (Lipinski definition) is 2. The molecular formula is C21H17F6N3O4. The monoisotopic (exact) mass is 489 g/mol. The minimum absolute atomic E-state index is 0.0880. The minimum Gasteiger partial charge on any atom is -0.489 e. The molecule has 34 heavy (non-hydrogen) atoms. The van der Waals surface area contributed by atoms with Crippen LogP contribution in [0.3, 0.4) is 0 Å². The number of hydrogen-bond acceptors (Lipinski definition) is 6. The lowest BCUT2D eigenvalue weighted by molar-refractivity contribution is -0.192. The van der Waals surface area contributed by atoms with Crippen LogP contribution < -0.4 is 10.1 Å². The molecule has 1 fully saturated rings. The number of alkyl halides is 3. The van der Waals surface area contributed by atoms with E-state index < -0.39 is 29.6 Å². The van der Waals surface area contributed by atoms with Gasteiger partial charge in [0, 0.05) is 12.0 Å². The van der Waals surface area contributed by atoms with Crippen molar-refractivity contribution in [3.05, 3.63) is 65.3 Å². The van der Waals surface area contributed by atoms with E-state index >= 15 is 0 Å². The van der Waals surface area contributed by atoms with Gasteiger partial charge in [0.15, 0.2) is 17.5 Å². The van der Waals surface area contributed by atoms with Crippen molar-refractivity contribution < 1.29 is 45.5 Å². The van der Waals surface area contributed by atoms with E-state index in [1.807, 2.05) is 0 Å². The molecule has 7 nitrogen and oxygen atoms in total. The number of aromatic nitrogens is 2. The highest BCUT2D eigenvalue weighted by Gasteiger charge is 2.38. The molecule has 0 bridgehead atoms. The number of nitrogens with zero attached hydrogens (tertiary/aromatic N) is 2.